The summed E-state index contributed by atoms with van der Waals surface area (Å²) in [5.41, 5.74) is 2.88. The molecule has 2 heterocycles. The van der Waals surface area contributed by atoms with Crippen LogP contribution in [0.15, 0.2) is 82.6 Å². The normalized spacial score (nSPS) is 12.7. The monoisotopic (exact) mass is 360 g/mol. The number of fused-ring (bicyclic) bond motifs is 3. The number of hydrogen-bond acceptors (Lipinski definition) is 2. The van der Waals surface area contributed by atoms with E-state index in [-0.39, 0.29) is 11.7 Å². The zero-order valence-electron chi connectivity index (χ0n) is 13.6. The first-order valence-electron chi connectivity index (χ1n) is 8.19. The van der Waals surface area contributed by atoms with Gasteiger partial charge in [0.05, 0.1) is 11.4 Å². The number of para-hydroxylation sites is 2. The molecule has 1 aliphatic heterocycles. The van der Waals surface area contributed by atoms with Crippen molar-refractivity contribution in [2.75, 3.05) is 4.90 Å². The first kappa shape index (κ1) is 15.2. The Hall–Kier alpha value is -3.05. The summed E-state index contributed by atoms with van der Waals surface area (Å²) in [5.74, 6) is -0.484. The highest BCUT2D eigenvalue weighted by Gasteiger charge is 2.29. The number of amides is 1. The molecule has 0 radical (unpaired) electrons. The van der Waals surface area contributed by atoms with E-state index in [0.29, 0.717) is 11.1 Å². The minimum absolute atomic E-state index is 0.165. The van der Waals surface area contributed by atoms with Gasteiger partial charge < -0.3 is 4.98 Å². The second-order valence-corrected chi connectivity index (χ2v) is 7.18. The maximum absolute atomic E-state index is 13.5. The molecular formula is C21H13FN2OS. The van der Waals surface area contributed by atoms with Crippen LogP contribution in [0.25, 0.3) is 10.9 Å². The lowest BCUT2D eigenvalue weighted by Crippen LogP contribution is -2.28. The Morgan fingerprint density at radius 2 is 1.54 bits per heavy atom. The second kappa shape index (κ2) is 5.75. The zero-order chi connectivity index (χ0) is 17.7. The van der Waals surface area contributed by atoms with Gasteiger partial charge in [0.25, 0.3) is 5.91 Å². The predicted octanol–water partition coefficient (Wildman–Crippen LogP) is 5.75. The number of nitrogens with one attached hydrogen (secondary N) is 1. The lowest BCUT2D eigenvalue weighted by atomic mass is 10.2. The van der Waals surface area contributed by atoms with E-state index in [2.05, 4.69) is 4.98 Å². The van der Waals surface area contributed by atoms with Crippen LogP contribution in [0.4, 0.5) is 15.8 Å². The van der Waals surface area contributed by atoms with Crippen LogP contribution in [-0.4, -0.2) is 10.9 Å². The zero-order valence-corrected chi connectivity index (χ0v) is 14.4. The molecule has 0 bridgehead atoms. The molecule has 3 aromatic carbocycles. The summed E-state index contributed by atoms with van der Waals surface area (Å²) in [5, 5.41) is 0.682. The van der Waals surface area contributed by atoms with Crippen molar-refractivity contribution < 1.29 is 9.18 Å². The van der Waals surface area contributed by atoms with Crippen LogP contribution in [0.5, 0.6) is 0 Å². The van der Waals surface area contributed by atoms with Crippen LogP contribution < -0.4 is 4.90 Å². The van der Waals surface area contributed by atoms with E-state index >= 15 is 0 Å². The molecule has 5 rings (SSSR count). The van der Waals surface area contributed by atoms with Crippen molar-refractivity contribution in [3.63, 3.8) is 0 Å². The van der Waals surface area contributed by atoms with Gasteiger partial charge in [0.1, 0.15) is 11.5 Å². The highest BCUT2D eigenvalue weighted by molar-refractivity contribution is 7.99. The third-order valence-corrected chi connectivity index (χ3v) is 5.58. The number of rotatable bonds is 1. The predicted molar refractivity (Wildman–Crippen MR) is 102 cm³/mol. The fourth-order valence-electron chi connectivity index (χ4n) is 3.26. The molecule has 1 aliphatic rings. The van der Waals surface area contributed by atoms with Crippen LogP contribution in [-0.2, 0) is 0 Å². The van der Waals surface area contributed by atoms with Gasteiger partial charge in [0.15, 0.2) is 0 Å². The Balaban J connectivity index is 1.67. The van der Waals surface area contributed by atoms with E-state index in [4.69, 9.17) is 0 Å². The minimum atomic E-state index is -0.319. The van der Waals surface area contributed by atoms with Crippen LogP contribution in [0.3, 0.4) is 0 Å². The lowest BCUT2D eigenvalue weighted by molar-refractivity contribution is 0.0994. The number of halogens is 1. The van der Waals surface area contributed by atoms with E-state index < -0.39 is 0 Å². The van der Waals surface area contributed by atoms with Gasteiger partial charge in [-0.1, -0.05) is 36.0 Å². The summed E-state index contributed by atoms with van der Waals surface area (Å²) in [4.78, 5) is 20.3. The van der Waals surface area contributed by atoms with Crippen molar-refractivity contribution in [2.45, 2.75) is 9.79 Å². The Labute approximate surface area is 153 Å². The number of aromatic nitrogens is 1. The third-order valence-electron chi connectivity index (χ3n) is 4.45. The molecule has 0 unspecified atom stereocenters. The standard InChI is InChI=1S/C21H13FN2OS/c22-14-9-10-15-13(11-14)12-16(23-15)21(25)24-17-5-1-3-7-19(17)26-20-8-4-2-6-18(20)24/h1-12,23H. The Morgan fingerprint density at radius 3 is 2.23 bits per heavy atom. The largest absolute Gasteiger partial charge is 0.350 e. The molecule has 5 heteroatoms. The Bertz CT molecular complexity index is 1120. The minimum Gasteiger partial charge on any atom is -0.350 e. The number of carbonyl (C=O) groups is 1. The van der Waals surface area contributed by atoms with Gasteiger partial charge in [0, 0.05) is 20.7 Å². The number of nitrogens with zero attached hydrogens (tertiary/aromatic N) is 1. The van der Waals surface area contributed by atoms with Crippen molar-refractivity contribution >= 4 is 39.9 Å². The number of H-pyrrole nitrogens is 1. The van der Waals surface area contributed by atoms with Crippen LogP contribution in [0.2, 0.25) is 0 Å². The van der Waals surface area contributed by atoms with Crippen LogP contribution in [0.1, 0.15) is 10.5 Å². The summed E-state index contributed by atoms with van der Waals surface area (Å²) < 4.78 is 13.5. The van der Waals surface area contributed by atoms with E-state index in [9.17, 15) is 9.18 Å². The second-order valence-electron chi connectivity index (χ2n) is 6.09. The number of hydrogen-bond donors (Lipinski definition) is 1. The Kier molecular flexibility index (Phi) is 3.36. The molecule has 0 fully saturated rings. The molecule has 3 nitrogen and oxygen atoms in total. The fraction of sp³-hybridized carbons (Fsp3) is 0. The molecule has 26 heavy (non-hydrogen) atoms. The average molecular weight is 360 g/mol. The smallest absolute Gasteiger partial charge is 0.279 e. The van der Waals surface area contributed by atoms with E-state index in [1.165, 1.54) is 12.1 Å². The summed E-state index contributed by atoms with van der Waals surface area (Å²) in [6, 6.07) is 21.9. The third kappa shape index (κ3) is 2.32. The van der Waals surface area contributed by atoms with Gasteiger partial charge in [-0.25, -0.2) is 4.39 Å². The number of aromatic amines is 1. The van der Waals surface area contributed by atoms with E-state index in [0.717, 1.165) is 26.7 Å². The highest BCUT2D eigenvalue weighted by Crippen LogP contribution is 2.48. The highest BCUT2D eigenvalue weighted by atomic mass is 32.2. The molecule has 1 aromatic heterocycles. The molecule has 0 spiro atoms. The Morgan fingerprint density at radius 1 is 0.885 bits per heavy atom. The van der Waals surface area contributed by atoms with E-state index in [1.54, 1.807) is 28.8 Å². The first-order chi connectivity index (χ1) is 12.7. The number of carbonyl (C=O) groups excluding carboxylic acids is 1. The van der Waals surface area contributed by atoms with Gasteiger partial charge in [-0.05, 0) is 48.5 Å². The topological polar surface area (TPSA) is 36.1 Å². The maximum atomic E-state index is 13.5. The molecule has 0 atom stereocenters. The van der Waals surface area contributed by atoms with Gasteiger partial charge in [-0.15, -0.1) is 0 Å². The molecule has 126 valence electrons. The fourth-order valence-corrected chi connectivity index (χ4v) is 4.32. The van der Waals surface area contributed by atoms with E-state index in [1.807, 2.05) is 48.5 Å². The molecule has 0 saturated carbocycles. The molecule has 1 amide bonds. The lowest BCUT2D eigenvalue weighted by Gasteiger charge is -2.30. The molecule has 0 saturated heterocycles. The maximum Gasteiger partial charge on any atom is 0.279 e. The van der Waals surface area contributed by atoms with Crippen molar-refractivity contribution in [3.05, 3.63) is 84.3 Å². The van der Waals surface area contributed by atoms with Gasteiger partial charge in [-0.3, -0.25) is 9.69 Å². The average Bonchev–Trinajstić information content (AvgIpc) is 3.08. The van der Waals surface area contributed by atoms with Crippen molar-refractivity contribution in [1.82, 2.24) is 4.98 Å². The van der Waals surface area contributed by atoms with Gasteiger partial charge in [0.2, 0.25) is 0 Å². The van der Waals surface area contributed by atoms with Crippen LogP contribution >= 0.6 is 11.8 Å². The summed E-state index contributed by atoms with van der Waals surface area (Å²) in [7, 11) is 0. The SMILES string of the molecule is O=C(c1cc2cc(F)ccc2[nH]1)N1c2ccccc2Sc2ccccc21. The molecule has 0 aliphatic carbocycles. The van der Waals surface area contributed by atoms with Crippen molar-refractivity contribution in [2.24, 2.45) is 0 Å². The number of anilines is 2. The summed E-state index contributed by atoms with van der Waals surface area (Å²) in [6.45, 7) is 0. The first-order valence-corrected chi connectivity index (χ1v) is 9.01. The molecule has 4 aromatic rings. The van der Waals surface area contributed by atoms with Gasteiger partial charge >= 0.3 is 0 Å². The quantitative estimate of drug-likeness (QED) is 0.469. The molecular weight excluding hydrogens is 347 g/mol. The summed E-state index contributed by atoms with van der Waals surface area (Å²) in [6.07, 6.45) is 0. The van der Waals surface area contributed by atoms with Crippen LogP contribution in [0, 0.1) is 5.82 Å². The summed E-state index contributed by atoms with van der Waals surface area (Å²) >= 11 is 1.65. The number of benzene rings is 3. The molecule has 1 N–H and O–H groups in total. The van der Waals surface area contributed by atoms with Gasteiger partial charge in [-0.2, -0.15) is 0 Å². The van der Waals surface area contributed by atoms with Crippen molar-refractivity contribution in [1.29, 1.82) is 0 Å². The van der Waals surface area contributed by atoms with Crippen molar-refractivity contribution in [3.8, 4) is 0 Å².